The summed E-state index contributed by atoms with van der Waals surface area (Å²) in [5, 5.41) is 8.35. The van der Waals surface area contributed by atoms with E-state index in [4.69, 9.17) is 4.74 Å². The first-order valence-corrected chi connectivity index (χ1v) is 9.45. The van der Waals surface area contributed by atoms with E-state index in [1.807, 2.05) is 57.3 Å². The molecule has 0 saturated carbocycles. The summed E-state index contributed by atoms with van der Waals surface area (Å²) < 4.78 is 7.47. The Morgan fingerprint density at radius 3 is 2.54 bits per heavy atom. The van der Waals surface area contributed by atoms with E-state index in [2.05, 4.69) is 36.2 Å². The Morgan fingerprint density at radius 2 is 1.89 bits per heavy atom. The molecule has 0 aliphatic carbocycles. The van der Waals surface area contributed by atoms with Crippen molar-refractivity contribution in [3.05, 3.63) is 53.2 Å². The van der Waals surface area contributed by atoms with Gasteiger partial charge in [-0.2, -0.15) is 0 Å². The largest absolute Gasteiger partial charge is 0.466 e. The van der Waals surface area contributed by atoms with Gasteiger partial charge in [0.2, 0.25) is 5.88 Å². The zero-order valence-corrected chi connectivity index (χ0v) is 17.4. The molecule has 1 atom stereocenters. The van der Waals surface area contributed by atoms with Crippen LogP contribution in [0.15, 0.2) is 36.4 Å². The summed E-state index contributed by atoms with van der Waals surface area (Å²) in [6, 6.07) is 11.9. The van der Waals surface area contributed by atoms with Crippen molar-refractivity contribution in [3.8, 4) is 5.88 Å². The summed E-state index contributed by atoms with van der Waals surface area (Å²) in [5.41, 5.74) is 3.65. The second-order valence-corrected chi connectivity index (χ2v) is 8.27. The molecule has 28 heavy (non-hydrogen) atoms. The van der Waals surface area contributed by atoms with Crippen LogP contribution < -0.4 is 10.1 Å². The molecule has 2 heterocycles. The van der Waals surface area contributed by atoms with Gasteiger partial charge in [0, 0.05) is 12.7 Å². The van der Waals surface area contributed by atoms with E-state index in [1.54, 1.807) is 4.68 Å². The molecule has 1 unspecified atom stereocenters. The minimum atomic E-state index is -0.180. The number of hydrogen-bond acceptors (Lipinski definition) is 4. The predicted octanol–water partition coefficient (Wildman–Crippen LogP) is 3.87. The molecule has 1 amide bonds. The monoisotopic (exact) mass is 380 g/mol. The van der Waals surface area contributed by atoms with Crippen LogP contribution in [0.3, 0.4) is 0 Å². The van der Waals surface area contributed by atoms with E-state index in [-0.39, 0.29) is 24.0 Å². The fraction of sp³-hybridized carbons (Fsp3) is 0.409. The maximum Gasteiger partial charge on any atom is 0.258 e. The van der Waals surface area contributed by atoms with Gasteiger partial charge >= 0.3 is 0 Å². The lowest BCUT2D eigenvalue weighted by Crippen LogP contribution is -2.39. The molecule has 2 aromatic heterocycles. The zero-order valence-electron chi connectivity index (χ0n) is 17.4. The van der Waals surface area contributed by atoms with Crippen LogP contribution >= 0.6 is 0 Å². The molecule has 6 heteroatoms. The summed E-state index contributed by atoms with van der Waals surface area (Å²) in [5.74, 6) is 0.255. The standard InChI is InChI=1S/C22H28N4O2/c1-14-12-15(2)23-20-18(14)21(25-26(20)6)28-13-17(27)24-19(22(3,4)5)16-10-8-7-9-11-16/h7-12,19H,13H2,1-6H3,(H,24,27). The third-order valence-corrected chi connectivity index (χ3v) is 4.73. The number of amides is 1. The van der Waals surface area contributed by atoms with Gasteiger partial charge in [-0.05, 0) is 36.5 Å². The molecular formula is C22H28N4O2. The molecule has 1 N–H and O–H groups in total. The highest BCUT2D eigenvalue weighted by atomic mass is 16.5. The highest BCUT2D eigenvalue weighted by Crippen LogP contribution is 2.32. The lowest BCUT2D eigenvalue weighted by Gasteiger charge is -2.32. The molecule has 0 saturated heterocycles. The summed E-state index contributed by atoms with van der Waals surface area (Å²) in [6.45, 7) is 10.2. The number of pyridine rings is 1. The van der Waals surface area contributed by atoms with Crippen molar-refractivity contribution in [1.82, 2.24) is 20.1 Å². The Hall–Kier alpha value is -2.89. The van der Waals surface area contributed by atoms with Crippen LogP contribution in [0.25, 0.3) is 11.0 Å². The second kappa shape index (κ2) is 7.62. The van der Waals surface area contributed by atoms with Crippen molar-refractivity contribution in [2.24, 2.45) is 12.5 Å². The Balaban J connectivity index is 1.76. The lowest BCUT2D eigenvalue weighted by atomic mass is 9.82. The number of aryl methyl sites for hydroxylation is 3. The van der Waals surface area contributed by atoms with E-state index in [1.165, 1.54) is 0 Å². The van der Waals surface area contributed by atoms with E-state index in [0.29, 0.717) is 5.88 Å². The number of hydrogen-bond donors (Lipinski definition) is 1. The molecule has 6 nitrogen and oxygen atoms in total. The number of benzene rings is 1. The first-order valence-electron chi connectivity index (χ1n) is 9.45. The third kappa shape index (κ3) is 4.16. The van der Waals surface area contributed by atoms with Gasteiger partial charge in [-0.15, -0.1) is 5.10 Å². The average molecular weight is 380 g/mol. The topological polar surface area (TPSA) is 69.0 Å². The predicted molar refractivity (Wildman–Crippen MR) is 110 cm³/mol. The van der Waals surface area contributed by atoms with Crippen molar-refractivity contribution < 1.29 is 9.53 Å². The summed E-state index contributed by atoms with van der Waals surface area (Å²) in [6.07, 6.45) is 0. The van der Waals surface area contributed by atoms with Crippen molar-refractivity contribution >= 4 is 16.9 Å². The molecule has 0 fully saturated rings. The number of aromatic nitrogens is 3. The number of fused-ring (bicyclic) bond motifs is 1. The van der Waals surface area contributed by atoms with Crippen LogP contribution in [-0.2, 0) is 11.8 Å². The Bertz CT molecular complexity index is 987. The number of ether oxygens (including phenoxy) is 1. The number of rotatable bonds is 5. The van der Waals surface area contributed by atoms with Gasteiger partial charge in [0.15, 0.2) is 12.3 Å². The molecule has 0 spiro atoms. The fourth-order valence-electron chi connectivity index (χ4n) is 3.43. The van der Waals surface area contributed by atoms with E-state index in [0.717, 1.165) is 27.9 Å². The van der Waals surface area contributed by atoms with Crippen molar-refractivity contribution in [3.63, 3.8) is 0 Å². The first-order chi connectivity index (χ1) is 13.2. The van der Waals surface area contributed by atoms with Gasteiger partial charge in [-0.3, -0.25) is 4.79 Å². The lowest BCUT2D eigenvalue weighted by molar-refractivity contribution is -0.124. The SMILES string of the molecule is Cc1cc(C)c2c(OCC(=O)NC(c3ccccc3)C(C)(C)C)nn(C)c2n1. The minimum absolute atomic E-state index is 0.0984. The second-order valence-electron chi connectivity index (χ2n) is 8.27. The Labute approximate surface area is 165 Å². The smallest absolute Gasteiger partial charge is 0.258 e. The van der Waals surface area contributed by atoms with Crippen LogP contribution in [0.5, 0.6) is 5.88 Å². The minimum Gasteiger partial charge on any atom is -0.466 e. The summed E-state index contributed by atoms with van der Waals surface area (Å²) >= 11 is 0. The fourth-order valence-corrected chi connectivity index (χ4v) is 3.43. The number of nitrogens with one attached hydrogen (secondary N) is 1. The molecule has 3 aromatic rings. The molecule has 0 radical (unpaired) electrons. The normalized spacial score (nSPS) is 12.8. The third-order valence-electron chi connectivity index (χ3n) is 4.73. The Morgan fingerprint density at radius 1 is 1.21 bits per heavy atom. The van der Waals surface area contributed by atoms with Crippen LogP contribution in [-0.4, -0.2) is 27.3 Å². The van der Waals surface area contributed by atoms with E-state index in [9.17, 15) is 4.79 Å². The molecule has 0 aliphatic rings. The quantitative estimate of drug-likeness (QED) is 0.730. The summed E-state index contributed by atoms with van der Waals surface area (Å²) in [4.78, 5) is 17.2. The summed E-state index contributed by atoms with van der Waals surface area (Å²) in [7, 11) is 1.83. The van der Waals surface area contributed by atoms with Gasteiger partial charge in [0.05, 0.1) is 11.4 Å². The van der Waals surface area contributed by atoms with Gasteiger partial charge < -0.3 is 10.1 Å². The van der Waals surface area contributed by atoms with Crippen LogP contribution in [0.1, 0.15) is 43.6 Å². The van der Waals surface area contributed by atoms with Crippen LogP contribution in [0.4, 0.5) is 0 Å². The van der Waals surface area contributed by atoms with Crippen LogP contribution in [0, 0.1) is 19.3 Å². The maximum absolute atomic E-state index is 12.6. The van der Waals surface area contributed by atoms with Crippen molar-refractivity contribution in [2.75, 3.05) is 6.61 Å². The van der Waals surface area contributed by atoms with E-state index < -0.39 is 0 Å². The molecule has 1 aromatic carbocycles. The highest BCUT2D eigenvalue weighted by Gasteiger charge is 2.28. The Kier molecular flexibility index (Phi) is 5.40. The van der Waals surface area contributed by atoms with Crippen molar-refractivity contribution in [2.45, 2.75) is 40.7 Å². The molecule has 148 valence electrons. The molecular weight excluding hydrogens is 352 g/mol. The highest BCUT2D eigenvalue weighted by molar-refractivity contribution is 5.85. The van der Waals surface area contributed by atoms with Gasteiger partial charge in [-0.25, -0.2) is 9.67 Å². The van der Waals surface area contributed by atoms with Gasteiger partial charge in [-0.1, -0.05) is 51.1 Å². The van der Waals surface area contributed by atoms with Gasteiger partial charge in [0.1, 0.15) is 0 Å². The number of nitrogens with zero attached hydrogens (tertiary/aromatic N) is 3. The van der Waals surface area contributed by atoms with Crippen LogP contribution in [0.2, 0.25) is 0 Å². The zero-order chi connectivity index (χ0) is 20.5. The average Bonchev–Trinajstić information content (AvgIpc) is 2.94. The molecule has 3 rings (SSSR count). The maximum atomic E-state index is 12.6. The molecule has 0 bridgehead atoms. The molecule has 0 aliphatic heterocycles. The van der Waals surface area contributed by atoms with Crippen molar-refractivity contribution in [1.29, 1.82) is 0 Å². The number of carbonyl (C=O) groups is 1. The van der Waals surface area contributed by atoms with E-state index >= 15 is 0 Å². The first kappa shape index (κ1) is 19.9. The van der Waals surface area contributed by atoms with Gasteiger partial charge in [0.25, 0.3) is 5.91 Å². The number of carbonyl (C=O) groups excluding carboxylic acids is 1.